The van der Waals surface area contributed by atoms with Crippen molar-refractivity contribution in [3.05, 3.63) is 22.7 Å². The lowest BCUT2D eigenvalue weighted by Crippen LogP contribution is -2.31. The number of hydrogen-bond donors (Lipinski definition) is 2. The van der Waals surface area contributed by atoms with E-state index in [2.05, 4.69) is 19.2 Å². The zero-order valence-corrected chi connectivity index (χ0v) is 10.6. The highest BCUT2D eigenvalue weighted by molar-refractivity contribution is 6.33. The van der Waals surface area contributed by atoms with Crippen molar-refractivity contribution < 1.29 is 0 Å². The summed E-state index contributed by atoms with van der Waals surface area (Å²) in [5.41, 5.74) is 8.68. The van der Waals surface area contributed by atoms with Crippen LogP contribution in [0.25, 0.3) is 0 Å². The van der Waals surface area contributed by atoms with Crippen molar-refractivity contribution >= 4 is 23.0 Å². The number of halogens is 1. The first kappa shape index (κ1) is 11.6. The molecule has 1 aromatic rings. The molecule has 1 saturated carbocycles. The van der Waals surface area contributed by atoms with Crippen molar-refractivity contribution in [3.63, 3.8) is 0 Å². The molecule has 1 unspecified atom stereocenters. The van der Waals surface area contributed by atoms with Gasteiger partial charge in [0.2, 0.25) is 0 Å². The summed E-state index contributed by atoms with van der Waals surface area (Å²) in [6.07, 6.45) is 4.06. The average Bonchev–Trinajstić information content (AvgIpc) is 2.11. The molecule has 0 bridgehead atoms. The molecule has 1 atom stereocenters. The van der Waals surface area contributed by atoms with Crippen LogP contribution in [0.2, 0.25) is 5.02 Å². The molecule has 3 heteroatoms. The lowest BCUT2D eigenvalue weighted by molar-refractivity contribution is 0.285. The van der Waals surface area contributed by atoms with E-state index in [1.54, 1.807) is 0 Å². The van der Waals surface area contributed by atoms with Gasteiger partial charge in [0, 0.05) is 11.7 Å². The summed E-state index contributed by atoms with van der Waals surface area (Å²) < 4.78 is 0. The largest absolute Gasteiger partial charge is 0.398 e. The highest BCUT2D eigenvalue weighted by atomic mass is 35.5. The van der Waals surface area contributed by atoms with Gasteiger partial charge in [0.25, 0.3) is 0 Å². The minimum atomic E-state index is 0.521. The van der Waals surface area contributed by atoms with Crippen LogP contribution in [-0.4, -0.2) is 6.04 Å². The first-order valence-electron chi connectivity index (χ1n) is 5.90. The van der Waals surface area contributed by atoms with Gasteiger partial charge >= 0.3 is 0 Å². The van der Waals surface area contributed by atoms with Crippen LogP contribution in [0.15, 0.2) is 12.1 Å². The molecule has 2 nitrogen and oxygen atoms in total. The molecule has 1 aliphatic rings. The number of nitrogens with two attached hydrogens (primary N) is 1. The van der Waals surface area contributed by atoms with Gasteiger partial charge in [-0.15, -0.1) is 0 Å². The summed E-state index contributed by atoms with van der Waals surface area (Å²) in [6.45, 7) is 4.30. The molecule has 0 saturated heterocycles. The Balaban J connectivity index is 2.11. The third kappa shape index (κ3) is 2.27. The smallest absolute Gasteiger partial charge is 0.0656 e. The Morgan fingerprint density at radius 2 is 2.12 bits per heavy atom. The Bertz CT molecular complexity index is 386. The molecule has 1 aliphatic carbocycles. The molecule has 0 aromatic heterocycles. The molecule has 0 aliphatic heterocycles. The maximum Gasteiger partial charge on any atom is 0.0656 e. The molecule has 3 N–H and O–H groups in total. The summed E-state index contributed by atoms with van der Waals surface area (Å²) in [7, 11) is 0. The molecule has 16 heavy (non-hydrogen) atoms. The summed E-state index contributed by atoms with van der Waals surface area (Å²) in [5.74, 6) is 0.815. The molecule has 1 aromatic carbocycles. The Kier molecular flexibility index (Phi) is 3.29. The van der Waals surface area contributed by atoms with Crippen LogP contribution in [0.3, 0.4) is 0 Å². The molecule has 0 heterocycles. The molecular formula is C13H19ClN2. The van der Waals surface area contributed by atoms with E-state index in [9.17, 15) is 0 Å². The standard InChI is InChI=1S/C13H19ClN2/c1-8-6-12(15)11(14)7-13(8)16-9(2)10-4-3-5-10/h6-7,9-10,16H,3-5,15H2,1-2H3. The normalized spacial score (nSPS) is 17.9. The quantitative estimate of drug-likeness (QED) is 0.786. The van der Waals surface area contributed by atoms with Crippen LogP contribution in [0.5, 0.6) is 0 Å². The predicted octanol–water partition coefficient (Wildman–Crippen LogP) is 3.83. The fraction of sp³-hybridized carbons (Fsp3) is 0.538. The predicted molar refractivity (Wildman–Crippen MR) is 71.0 cm³/mol. The highest BCUT2D eigenvalue weighted by Crippen LogP contribution is 2.33. The van der Waals surface area contributed by atoms with Gasteiger partial charge in [0.1, 0.15) is 0 Å². The second-order valence-electron chi connectivity index (χ2n) is 4.81. The van der Waals surface area contributed by atoms with Gasteiger partial charge in [-0.3, -0.25) is 0 Å². The molecule has 0 amide bonds. The van der Waals surface area contributed by atoms with Crippen molar-refractivity contribution in [2.45, 2.75) is 39.2 Å². The number of benzene rings is 1. The van der Waals surface area contributed by atoms with E-state index >= 15 is 0 Å². The maximum atomic E-state index is 6.03. The Labute approximate surface area is 102 Å². The van der Waals surface area contributed by atoms with E-state index in [0.717, 1.165) is 17.2 Å². The number of anilines is 2. The van der Waals surface area contributed by atoms with Crippen molar-refractivity contribution in [1.82, 2.24) is 0 Å². The average molecular weight is 239 g/mol. The van der Waals surface area contributed by atoms with E-state index in [1.165, 1.54) is 19.3 Å². The summed E-state index contributed by atoms with van der Waals surface area (Å²) in [5, 5.41) is 4.17. The number of nitrogen functional groups attached to an aromatic ring is 1. The molecule has 1 fully saturated rings. The second kappa shape index (κ2) is 4.54. The van der Waals surface area contributed by atoms with Crippen LogP contribution < -0.4 is 11.1 Å². The van der Waals surface area contributed by atoms with Crippen LogP contribution in [0, 0.1) is 12.8 Å². The fourth-order valence-electron chi connectivity index (χ4n) is 2.16. The monoisotopic (exact) mass is 238 g/mol. The zero-order valence-electron chi connectivity index (χ0n) is 9.89. The van der Waals surface area contributed by atoms with Crippen molar-refractivity contribution in [3.8, 4) is 0 Å². The lowest BCUT2D eigenvalue weighted by atomic mass is 9.80. The summed E-state index contributed by atoms with van der Waals surface area (Å²) in [4.78, 5) is 0. The fourth-order valence-corrected chi connectivity index (χ4v) is 2.33. The number of rotatable bonds is 3. The van der Waals surface area contributed by atoms with Crippen molar-refractivity contribution in [2.24, 2.45) is 5.92 Å². The maximum absolute atomic E-state index is 6.03. The minimum Gasteiger partial charge on any atom is -0.398 e. The van der Waals surface area contributed by atoms with Crippen LogP contribution in [-0.2, 0) is 0 Å². The van der Waals surface area contributed by atoms with Gasteiger partial charge in [-0.2, -0.15) is 0 Å². The first-order chi connectivity index (χ1) is 7.58. The van der Waals surface area contributed by atoms with Gasteiger partial charge in [-0.25, -0.2) is 0 Å². The molecule has 0 spiro atoms. The van der Waals surface area contributed by atoms with Gasteiger partial charge in [-0.05, 0) is 50.3 Å². The van der Waals surface area contributed by atoms with Crippen molar-refractivity contribution in [2.75, 3.05) is 11.1 Å². The minimum absolute atomic E-state index is 0.521. The van der Waals surface area contributed by atoms with E-state index in [0.29, 0.717) is 16.8 Å². The Morgan fingerprint density at radius 3 is 2.69 bits per heavy atom. The van der Waals surface area contributed by atoms with Crippen molar-refractivity contribution in [1.29, 1.82) is 0 Å². The first-order valence-corrected chi connectivity index (χ1v) is 6.28. The Hall–Kier alpha value is -0.890. The zero-order chi connectivity index (χ0) is 11.7. The number of aryl methyl sites for hydroxylation is 1. The number of hydrogen-bond acceptors (Lipinski definition) is 2. The van der Waals surface area contributed by atoms with Gasteiger partial charge in [0.05, 0.1) is 10.7 Å². The van der Waals surface area contributed by atoms with Gasteiger partial charge < -0.3 is 11.1 Å². The van der Waals surface area contributed by atoms with Gasteiger partial charge in [-0.1, -0.05) is 18.0 Å². The van der Waals surface area contributed by atoms with Crippen LogP contribution >= 0.6 is 11.6 Å². The topological polar surface area (TPSA) is 38.0 Å². The van der Waals surface area contributed by atoms with E-state index < -0.39 is 0 Å². The summed E-state index contributed by atoms with van der Waals surface area (Å²) >= 11 is 6.03. The van der Waals surface area contributed by atoms with E-state index in [-0.39, 0.29) is 0 Å². The molecular weight excluding hydrogens is 220 g/mol. The second-order valence-corrected chi connectivity index (χ2v) is 5.22. The Morgan fingerprint density at radius 1 is 1.44 bits per heavy atom. The van der Waals surface area contributed by atoms with Gasteiger partial charge in [0.15, 0.2) is 0 Å². The van der Waals surface area contributed by atoms with Crippen LogP contribution in [0.4, 0.5) is 11.4 Å². The highest BCUT2D eigenvalue weighted by Gasteiger charge is 2.24. The third-order valence-corrected chi connectivity index (χ3v) is 3.91. The summed E-state index contributed by atoms with van der Waals surface area (Å²) in [6, 6.07) is 4.38. The third-order valence-electron chi connectivity index (χ3n) is 3.58. The number of nitrogens with one attached hydrogen (secondary N) is 1. The van der Waals surface area contributed by atoms with E-state index in [1.807, 2.05) is 12.1 Å². The molecule has 0 radical (unpaired) electrons. The van der Waals surface area contributed by atoms with E-state index in [4.69, 9.17) is 17.3 Å². The SMILES string of the molecule is Cc1cc(N)c(Cl)cc1NC(C)C1CCC1. The molecule has 88 valence electrons. The molecule has 2 rings (SSSR count). The lowest BCUT2D eigenvalue weighted by Gasteiger charge is -2.33. The van der Waals surface area contributed by atoms with Crippen LogP contribution in [0.1, 0.15) is 31.7 Å².